The van der Waals surface area contributed by atoms with Crippen LogP contribution >= 0.6 is 0 Å². The van der Waals surface area contributed by atoms with Crippen LogP contribution in [0.2, 0.25) is 0 Å². The Labute approximate surface area is 176 Å². The third-order valence-electron chi connectivity index (χ3n) is 5.39. The van der Waals surface area contributed by atoms with Crippen LogP contribution in [0, 0.1) is 0 Å². The number of benzene rings is 3. The number of ether oxygens (including phenoxy) is 2. The monoisotopic (exact) mass is 422 g/mol. The minimum absolute atomic E-state index is 0.0931. The van der Waals surface area contributed by atoms with Gasteiger partial charge in [-0.05, 0) is 35.9 Å². The van der Waals surface area contributed by atoms with Gasteiger partial charge in [0.15, 0.2) is 0 Å². The van der Waals surface area contributed by atoms with Gasteiger partial charge in [0.05, 0.1) is 18.2 Å². The molecule has 0 aliphatic carbocycles. The minimum atomic E-state index is -4.80. The fourth-order valence-corrected chi connectivity index (χ4v) is 3.89. The summed E-state index contributed by atoms with van der Waals surface area (Å²) in [5.41, 5.74) is -0.941. The molecule has 4 aromatic rings. The molecule has 0 amide bonds. The van der Waals surface area contributed by atoms with Gasteiger partial charge in [-0.1, -0.05) is 48.5 Å². The predicted molar refractivity (Wildman–Crippen MR) is 113 cm³/mol. The van der Waals surface area contributed by atoms with E-state index in [9.17, 15) is 13.2 Å². The summed E-state index contributed by atoms with van der Waals surface area (Å²) < 4.78 is 55.9. The molecular formula is C24H17F3N2O2. The van der Waals surface area contributed by atoms with Crippen LogP contribution in [0.15, 0.2) is 83.9 Å². The van der Waals surface area contributed by atoms with E-state index in [-0.39, 0.29) is 11.4 Å². The maximum absolute atomic E-state index is 14.5. The largest absolute Gasteiger partial charge is 0.497 e. The van der Waals surface area contributed by atoms with Gasteiger partial charge in [-0.25, -0.2) is 4.99 Å². The molecule has 0 fully saturated rings. The molecule has 5 rings (SSSR count). The molecule has 1 unspecified atom stereocenters. The first-order valence-corrected chi connectivity index (χ1v) is 9.58. The summed E-state index contributed by atoms with van der Waals surface area (Å²) in [4.78, 5) is 3.91. The maximum Gasteiger partial charge on any atom is 0.455 e. The van der Waals surface area contributed by atoms with Crippen molar-refractivity contribution in [3.8, 4) is 22.8 Å². The van der Waals surface area contributed by atoms with Gasteiger partial charge >= 0.3 is 11.9 Å². The SMILES string of the molecule is COc1ccc(C2(C(F)(F)F)N=Cn3c(c(-c4ccccc4)c4ccccc43)O2)cc1. The zero-order chi connectivity index (χ0) is 21.6. The maximum atomic E-state index is 14.5. The van der Waals surface area contributed by atoms with Gasteiger partial charge in [-0.2, -0.15) is 13.2 Å². The van der Waals surface area contributed by atoms with E-state index in [1.807, 2.05) is 54.6 Å². The predicted octanol–water partition coefficient (Wildman–Crippen LogP) is 6.00. The minimum Gasteiger partial charge on any atom is -0.497 e. The van der Waals surface area contributed by atoms with Crippen LogP contribution in [0.4, 0.5) is 13.2 Å². The first-order chi connectivity index (χ1) is 14.9. The molecule has 0 bridgehead atoms. The molecule has 31 heavy (non-hydrogen) atoms. The zero-order valence-corrected chi connectivity index (χ0v) is 16.4. The molecule has 1 aliphatic rings. The Bertz CT molecular complexity index is 1280. The normalized spacial score (nSPS) is 17.9. The van der Waals surface area contributed by atoms with E-state index in [0.29, 0.717) is 16.8 Å². The van der Waals surface area contributed by atoms with Gasteiger partial charge in [0.2, 0.25) is 5.88 Å². The van der Waals surface area contributed by atoms with Gasteiger partial charge in [0, 0.05) is 10.9 Å². The third-order valence-corrected chi connectivity index (χ3v) is 5.39. The number of methoxy groups -OCH3 is 1. The second-order valence-corrected chi connectivity index (χ2v) is 7.15. The summed E-state index contributed by atoms with van der Waals surface area (Å²) in [6, 6.07) is 22.2. The van der Waals surface area contributed by atoms with Crippen LogP contribution in [0.5, 0.6) is 11.6 Å². The van der Waals surface area contributed by atoms with Crippen molar-refractivity contribution in [1.29, 1.82) is 0 Å². The van der Waals surface area contributed by atoms with Gasteiger partial charge in [-0.15, -0.1) is 0 Å². The van der Waals surface area contributed by atoms with Crippen LogP contribution in [0.1, 0.15) is 5.56 Å². The van der Waals surface area contributed by atoms with E-state index in [0.717, 1.165) is 10.9 Å². The molecule has 0 spiro atoms. The number of nitrogens with zero attached hydrogens (tertiary/aromatic N) is 2. The molecule has 2 heterocycles. The lowest BCUT2D eigenvalue weighted by atomic mass is 10.0. The molecule has 156 valence electrons. The number of hydrogen-bond acceptors (Lipinski definition) is 3. The standard InChI is InChI=1S/C24H17F3N2O2/c1-30-18-13-11-17(12-14-18)23(24(25,26)27)28-15-29-20-10-6-5-9-19(20)21(22(29)31-23)16-7-3-2-4-8-16/h2-15H,1H3. The van der Waals surface area contributed by atoms with Crippen molar-refractivity contribution < 1.29 is 22.6 Å². The van der Waals surface area contributed by atoms with Crippen molar-refractivity contribution in [2.45, 2.75) is 11.9 Å². The summed E-state index contributed by atoms with van der Waals surface area (Å²) in [6.45, 7) is 0. The molecule has 1 atom stereocenters. The van der Waals surface area contributed by atoms with Crippen molar-refractivity contribution in [1.82, 2.24) is 4.57 Å². The van der Waals surface area contributed by atoms with Crippen LogP contribution in [-0.2, 0) is 5.72 Å². The van der Waals surface area contributed by atoms with Gasteiger partial charge < -0.3 is 9.47 Å². The molecule has 1 aromatic heterocycles. The fraction of sp³-hybridized carbons (Fsp3) is 0.125. The summed E-state index contributed by atoms with van der Waals surface area (Å²) in [5.74, 6) is 0.537. The van der Waals surface area contributed by atoms with Crippen molar-refractivity contribution in [2.75, 3.05) is 7.11 Å². The Morgan fingerprint density at radius 3 is 2.26 bits per heavy atom. The first-order valence-electron chi connectivity index (χ1n) is 9.58. The molecule has 0 N–H and O–H groups in total. The summed E-state index contributed by atoms with van der Waals surface area (Å²) in [5, 5.41) is 0.780. The van der Waals surface area contributed by atoms with Crippen LogP contribution < -0.4 is 9.47 Å². The van der Waals surface area contributed by atoms with Crippen molar-refractivity contribution in [3.63, 3.8) is 0 Å². The van der Waals surface area contributed by atoms with Crippen molar-refractivity contribution in [2.24, 2.45) is 4.99 Å². The lowest BCUT2D eigenvalue weighted by Crippen LogP contribution is -2.48. The van der Waals surface area contributed by atoms with E-state index >= 15 is 0 Å². The summed E-state index contributed by atoms with van der Waals surface area (Å²) in [6.07, 6.45) is -3.60. The molecule has 3 aromatic carbocycles. The highest BCUT2D eigenvalue weighted by atomic mass is 19.4. The zero-order valence-electron chi connectivity index (χ0n) is 16.4. The Kier molecular flexibility index (Phi) is 4.28. The number of hydrogen-bond donors (Lipinski definition) is 0. The first kappa shape index (κ1) is 19.2. The Morgan fingerprint density at radius 1 is 0.903 bits per heavy atom. The fourth-order valence-electron chi connectivity index (χ4n) is 3.89. The number of alkyl halides is 3. The summed E-state index contributed by atoms with van der Waals surface area (Å²) in [7, 11) is 1.45. The number of fused-ring (bicyclic) bond motifs is 3. The van der Waals surface area contributed by atoms with E-state index in [1.54, 1.807) is 4.57 Å². The van der Waals surface area contributed by atoms with E-state index in [2.05, 4.69) is 4.99 Å². The number of halogens is 3. The second-order valence-electron chi connectivity index (χ2n) is 7.15. The number of aromatic nitrogens is 1. The number of aliphatic imine (C=N–C) groups is 1. The molecule has 0 saturated carbocycles. The second kappa shape index (κ2) is 6.91. The van der Waals surface area contributed by atoms with Crippen molar-refractivity contribution >= 4 is 17.2 Å². The molecule has 4 nitrogen and oxygen atoms in total. The van der Waals surface area contributed by atoms with Crippen molar-refractivity contribution in [3.05, 3.63) is 84.4 Å². The summed E-state index contributed by atoms with van der Waals surface area (Å²) >= 11 is 0. The third kappa shape index (κ3) is 2.88. The van der Waals surface area contributed by atoms with Crippen LogP contribution in [-0.4, -0.2) is 24.2 Å². The van der Waals surface area contributed by atoms with Crippen LogP contribution in [0.25, 0.3) is 22.0 Å². The van der Waals surface area contributed by atoms with Crippen LogP contribution in [0.3, 0.4) is 0 Å². The Morgan fingerprint density at radius 2 is 1.58 bits per heavy atom. The molecular weight excluding hydrogens is 405 g/mol. The smallest absolute Gasteiger partial charge is 0.455 e. The Hall–Kier alpha value is -3.74. The molecule has 7 heteroatoms. The highest BCUT2D eigenvalue weighted by Gasteiger charge is 2.61. The number of para-hydroxylation sites is 1. The van der Waals surface area contributed by atoms with Gasteiger partial charge in [-0.3, -0.25) is 4.57 Å². The molecule has 1 aliphatic heterocycles. The van der Waals surface area contributed by atoms with E-state index in [1.165, 1.54) is 37.7 Å². The average Bonchev–Trinajstić information content (AvgIpc) is 3.12. The lowest BCUT2D eigenvalue weighted by molar-refractivity contribution is -0.253. The topological polar surface area (TPSA) is 35.8 Å². The number of rotatable bonds is 3. The van der Waals surface area contributed by atoms with E-state index in [4.69, 9.17) is 9.47 Å². The van der Waals surface area contributed by atoms with Gasteiger partial charge in [0.25, 0.3) is 0 Å². The highest BCUT2D eigenvalue weighted by molar-refractivity contribution is 6.03. The molecule has 0 saturated heterocycles. The average molecular weight is 422 g/mol. The van der Waals surface area contributed by atoms with E-state index < -0.39 is 11.9 Å². The lowest BCUT2D eigenvalue weighted by Gasteiger charge is -2.35. The molecule has 0 radical (unpaired) electrons. The quantitative estimate of drug-likeness (QED) is 0.406. The Balaban J connectivity index is 1.77. The van der Waals surface area contributed by atoms with Gasteiger partial charge in [0.1, 0.15) is 12.1 Å². The highest BCUT2D eigenvalue weighted by Crippen LogP contribution is 2.50.